The molecule has 1 unspecified atom stereocenters. The molecule has 31 heavy (non-hydrogen) atoms. The van der Waals surface area contributed by atoms with Gasteiger partial charge in [-0.15, -0.1) is 0 Å². The summed E-state index contributed by atoms with van der Waals surface area (Å²) in [6.07, 6.45) is 1.51. The molecule has 8 nitrogen and oxygen atoms in total. The highest BCUT2D eigenvalue weighted by Crippen LogP contribution is 2.42. The number of carbonyl (C=O) groups is 1. The summed E-state index contributed by atoms with van der Waals surface area (Å²) in [6.45, 7) is 0. The van der Waals surface area contributed by atoms with Crippen molar-refractivity contribution in [2.75, 3.05) is 14.2 Å². The van der Waals surface area contributed by atoms with E-state index in [1.165, 1.54) is 43.6 Å². The molecule has 1 atom stereocenters. The average Bonchev–Trinajstić information content (AvgIpc) is 3.04. The van der Waals surface area contributed by atoms with E-state index in [0.717, 1.165) is 5.56 Å². The van der Waals surface area contributed by atoms with Gasteiger partial charge < -0.3 is 10.5 Å². The topological polar surface area (TPSA) is 107 Å². The van der Waals surface area contributed by atoms with Crippen molar-refractivity contribution in [2.45, 2.75) is 12.0 Å². The Kier molecular flexibility index (Phi) is 5.05. The molecule has 10 heteroatoms. The largest absolute Gasteiger partial charge is 0.497 e. The standard InChI is InChI=1S/C21H18F2N6O2/c1-29-19(30)21(28-20(29)24,14-4-5-25-17(10-14)18(22)23)15-7-13(8-16(9-15)31-2)12-3-6-26-27-11-12/h3-11,18H,1-2H3,(H2,24,28). The Morgan fingerprint density at radius 1 is 1.06 bits per heavy atom. The van der Waals surface area contributed by atoms with Gasteiger partial charge in [-0.2, -0.15) is 10.2 Å². The Balaban J connectivity index is 2.00. The Hall–Kier alpha value is -3.95. The maximum Gasteiger partial charge on any atom is 0.280 e. The van der Waals surface area contributed by atoms with Crippen LogP contribution < -0.4 is 10.5 Å². The van der Waals surface area contributed by atoms with Crippen molar-refractivity contribution in [1.82, 2.24) is 20.1 Å². The molecule has 0 saturated heterocycles. The SMILES string of the molecule is COc1cc(-c2ccnnc2)cc(C2(c3ccnc(C(F)F)c3)N=C(N)N(C)C2=O)c1. The molecule has 0 bridgehead atoms. The summed E-state index contributed by atoms with van der Waals surface area (Å²) in [4.78, 5) is 22.8. The van der Waals surface area contributed by atoms with Gasteiger partial charge in [-0.1, -0.05) is 0 Å². The molecule has 2 aromatic heterocycles. The first-order chi connectivity index (χ1) is 14.9. The van der Waals surface area contributed by atoms with Gasteiger partial charge in [-0.25, -0.2) is 13.8 Å². The van der Waals surface area contributed by atoms with E-state index in [4.69, 9.17) is 10.5 Å². The van der Waals surface area contributed by atoms with Gasteiger partial charge in [0.15, 0.2) is 11.5 Å². The number of nitrogens with zero attached hydrogens (tertiary/aromatic N) is 5. The minimum absolute atomic E-state index is 0.0321. The van der Waals surface area contributed by atoms with Crippen LogP contribution in [0, 0.1) is 0 Å². The molecule has 1 aliphatic rings. The first-order valence-corrected chi connectivity index (χ1v) is 9.21. The van der Waals surface area contributed by atoms with Crippen LogP contribution in [-0.2, 0) is 10.3 Å². The monoisotopic (exact) mass is 424 g/mol. The predicted octanol–water partition coefficient (Wildman–Crippen LogP) is 2.52. The lowest BCUT2D eigenvalue weighted by atomic mass is 9.81. The molecule has 4 rings (SSSR count). The number of guanidine groups is 1. The van der Waals surface area contributed by atoms with E-state index in [9.17, 15) is 13.6 Å². The second kappa shape index (κ2) is 7.71. The molecule has 158 valence electrons. The summed E-state index contributed by atoms with van der Waals surface area (Å²) in [6, 6.07) is 9.53. The fourth-order valence-corrected chi connectivity index (χ4v) is 3.53. The quantitative estimate of drug-likeness (QED) is 0.675. The molecule has 1 aromatic carbocycles. The van der Waals surface area contributed by atoms with Crippen LogP contribution in [0.4, 0.5) is 8.78 Å². The van der Waals surface area contributed by atoms with Crippen molar-refractivity contribution in [3.05, 3.63) is 71.8 Å². The third-order valence-electron chi connectivity index (χ3n) is 5.14. The van der Waals surface area contributed by atoms with Crippen LogP contribution in [0.2, 0.25) is 0 Å². The number of nitrogens with two attached hydrogens (primary N) is 1. The molecule has 0 saturated carbocycles. The maximum atomic E-state index is 13.4. The minimum atomic E-state index is -2.81. The number of rotatable bonds is 5. The summed E-state index contributed by atoms with van der Waals surface area (Å²) in [5.41, 5.74) is 5.88. The molecule has 0 aliphatic carbocycles. The normalized spacial score (nSPS) is 18.4. The van der Waals surface area contributed by atoms with Crippen molar-refractivity contribution in [2.24, 2.45) is 10.7 Å². The van der Waals surface area contributed by atoms with Crippen LogP contribution in [-0.4, -0.2) is 46.1 Å². The fourth-order valence-electron chi connectivity index (χ4n) is 3.53. The number of ether oxygens (including phenoxy) is 1. The Bertz CT molecular complexity index is 1170. The van der Waals surface area contributed by atoms with Gasteiger partial charge in [0.05, 0.1) is 19.5 Å². The first kappa shape index (κ1) is 20.3. The molecule has 1 aliphatic heterocycles. The van der Waals surface area contributed by atoms with Gasteiger partial charge in [0.2, 0.25) is 0 Å². The van der Waals surface area contributed by atoms with Crippen molar-refractivity contribution in [1.29, 1.82) is 0 Å². The number of aromatic nitrogens is 3. The smallest absolute Gasteiger partial charge is 0.280 e. The molecular formula is C21H18F2N6O2. The Morgan fingerprint density at radius 3 is 2.48 bits per heavy atom. The van der Waals surface area contributed by atoms with Crippen molar-refractivity contribution in [3.63, 3.8) is 0 Å². The lowest BCUT2D eigenvalue weighted by Gasteiger charge is -2.27. The van der Waals surface area contributed by atoms with Gasteiger partial charge in [0.25, 0.3) is 12.3 Å². The number of amides is 1. The van der Waals surface area contributed by atoms with Gasteiger partial charge in [-0.05, 0) is 53.1 Å². The summed E-state index contributed by atoms with van der Waals surface area (Å²) in [5.74, 6) is -0.0678. The molecule has 0 fully saturated rings. The number of benzene rings is 1. The van der Waals surface area contributed by atoms with Crippen molar-refractivity contribution in [3.8, 4) is 16.9 Å². The van der Waals surface area contributed by atoms with E-state index in [0.29, 0.717) is 16.9 Å². The van der Waals surface area contributed by atoms with Gasteiger partial charge in [-0.3, -0.25) is 14.7 Å². The highest BCUT2D eigenvalue weighted by Gasteiger charge is 2.50. The number of hydrogen-bond donors (Lipinski definition) is 1. The molecular weight excluding hydrogens is 406 g/mol. The fraction of sp³-hybridized carbons (Fsp3) is 0.190. The van der Waals surface area contributed by atoms with Gasteiger partial charge >= 0.3 is 0 Å². The number of methoxy groups -OCH3 is 1. The molecule has 1 amide bonds. The summed E-state index contributed by atoms with van der Waals surface area (Å²) in [7, 11) is 2.97. The van der Waals surface area contributed by atoms with Crippen LogP contribution in [0.15, 0.2) is 60.0 Å². The number of carbonyl (C=O) groups excluding carboxylic acids is 1. The van der Waals surface area contributed by atoms with E-state index in [1.807, 2.05) is 0 Å². The summed E-state index contributed by atoms with van der Waals surface area (Å²) >= 11 is 0. The first-order valence-electron chi connectivity index (χ1n) is 9.21. The number of hydrogen-bond acceptors (Lipinski definition) is 7. The predicted molar refractivity (Wildman–Crippen MR) is 108 cm³/mol. The number of aliphatic imine (C=N–C) groups is 1. The zero-order valence-corrected chi connectivity index (χ0v) is 16.7. The van der Waals surface area contributed by atoms with E-state index in [-0.39, 0.29) is 11.5 Å². The average molecular weight is 424 g/mol. The molecule has 2 N–H and O–H groups in total. The van der Waals surface area contributed by atoms with E-state index < -0.39 is 23.6 Å². The summed E-state index contributed by atoms with van der Waals surface area (Å²) < 4.78 is 32.2. The van der Waals surface area contributed by atoms with Gasteiger partial charge in [0, 0.05) is 18.8 Å². The summed E-state index contributed by atoms with van der Waals surface area (Å²) in [5, 5.41) is 7.66. The number of alkyl halides is 2. The third kappa shape index (κ3) is 3.35. The van der Waals surface area contributed by atoms with Crippen LogP contribution in [0.3, 0.4) is 0 Å². The van der Waals surface area contributed by atoms with E-state index in [1.54, 1.807) is 30.5 Å². The molecule has 3 aromatic rings. The van der Waals surface area contributed by atoms with Crippen molar-refractivity contribution >= 4 is 11.9 Å². The Morgan fingerprint density at radius 2 is 1.87 bits per heavy atom. The third-order valence-corrected chi connectivity index (χ3v) is 5.14. The molecule has 0 radical (unpaired) electrons. The van der Waals surface area contributed by atoms with E-state index in [2.05, 4.69) is 20.2 Å². The van der Waals surface area contributed by atoms with Crippen LogP contribution in [0.5, 0.6) is 5.75 Å². The lowest BCUT2D eigenvalue weighted by molar-refractivity contribution is -0.129. The van der Waals surface area contributed by atoms with Crippen molar-refractivity contribution < 1.29 is 18.3 Å². The Labute approximate surface area is 176 Å². The zero-order valence-electron chi connectivity index (χ0n) is 16.7. The number of halogens is 2. The highest BCUT2D eigenvalue weighted by atomic mass is 19.3. The highest BCUT2D eigenvalue weighted by molar-refractivity contribution is 6.09. The molecule has 0 spiro atoms. The lowest BCUT2D eigenvalue weighted by Crippen LogP contribution is -2.41. The van der Waals surface area contributed by atoms with Crippen LogP contribution >= 0.6 is 0 Å². The second-order valence-corrected chi connectivity index (χ2v) is 6.90. The zero-order chi connectivity index (χ0) is 22.2. The van der Waals surface area contributed by atoms with Gasteiger partial charge in [0.1, 0.15) is 11.4 Å². The second-order valence-electron chi connectivity index (χ2n) is 6.90. The van der Waals surface area contributed by atoms with Crippen LogP contribution in [0.25, 0.3) is 11.1 Å². The number of likely N-dealkylation sites (N-methyl/N-ethyl adjacent to an activating group) is 1. The molecule has 3 heterocycles. The number of pyridine rings is 1. The minimum Gasteiger partial charge on any atom is -0.497 e. The maximum absolute atomic E-state index is 13.4. The van der Waals surface area contributed by atoms with E-state index >= 15 is 0 Å². The van der Waals surface area contributed by atoms with Crippen LogP contribution in [0.1, 0.15) is 23.2 Å².